The maximum absolute atomic E-state index is 9.60. The van der Waals surface area contributed by atoms with Gasteiger partial charge in [0.05, 0.1) is 52.6 Å². The molecule has 0 bridgehead atoms. The minimum absolute atomic E-state index is 0.127. The van der Waals surface area contributed by atoms with Crippen molar-refractivity contribution in [2.75, 3.05) is 11.6 Å². The maximum Gasteiger partial charge on any atom is 0.242 e. The zero-order valence-corrected chi connectivity index (χ0v) is 33.3. The molecule has 0 aliphatic heterocycles. The van der Waals surface area contributed by atoms with Crippen LogP contribution in [0.4, 0.5) is 5.95 Å². The standard InChI is InChI=1S/C16H10Cl4N4O.C10H7Cl2N3OS.C7H7Cl2N/c17-10-3-1-2-8(14(10)20)6-21-16-22-7-13(23-24-16)9-4-11(18)15(25)12(19)5-9;1-17-10-13-4-8(14-15-10)5-2-6(11)9(16)7(12)3-5;8-6-3-1-2-5(4-10)7(6)9/h1-5,7,25H,6H2,(H,21,22,24);2-4,16H,1H3;1-3H,4,10H2. The Kier molecular flexibility index (Phi) is 15.9. The largest absolute Gasteiger partial charge is 0.505 e. The first kappa shape index (κ1) is 41.7. The molecule has 52 heavy (non-hydrogen) atoms. The molecule has 270 valence electrons. The number of nitrogens with zero attached hydrogens (tertiary/aromatic N) is 6. The number of halogens is 8. The summed E-state index contributed by atoms with van der Waals surface area (Å²) in [5.74, 6) is 0.0131. The number of hydrogen-bond acceptors (Lipinski definition) is 11. The summed E-state index contributed by atoms with van der Waals surface area (Å²) in [6, 6.07) is 17.0. The van der Waals surface area contributed by atoms with Gasteiger partial charge in [0.2, 0.25) is 11.1 Å². The second kappa shape index (κ2) is 19.8. The van der Waals surface area contributed by atoms with Gasteiger partial charge >= 0.3 is 0 Å². The summed E-state index contributed by atoms with van der Waals surface area (Å²) in [5, 5.41) is 41.3. The number of nitrogens with two attached hydrogens (primary N) is 1. The van der Waals surface area contributed by atoms with Crippen LogP contribution in [0.15, 0.2) is 78.2 Å². The molecular weight excluding hydrogens is 856 g/mol. The van der Waals surface area contributed by atoms with Crippen molar-refractivity contribution in [1.82, 2.24) is 30.4 Å². The summed E-state index contributed by atoms with van der Waals surface area (Å²) in [5.41, 5.74) is 9.35. The normalized spacial score (nSPS) is 10.5. The minimum Gasteiger partial charge on any atom is -0.505 e. The number of aromatic hydroxyl groups is 2. The minimum atomic E-state index is -0.176. The van der Waals surface area contributed by atoms with Gasteiger partial charge in [0, 0.05) is 24.2 Å². The number of rotatable bonds is 7. The average Bonchev–Trinajstić information content (AvgIpc) is 3.15. The van der Waals surface area contributed by atoms with Gasteiger partial charge in [-0.05, 0) is 53.8 Å². The second-order valence-corrected chi connectivity index (χ2v) is 14.0. The molecule has 0 fully saturated rings. The molecule has 10 nitrogen and oxygen atoms in total. The Hall–Kier alpha value is -3.07. The van der Waals surface area contributed by atoms with E-state index in [1.807, 2.05) is 30.5 Å². The van der Waals surface area contributed by atoms with Gasteiger partial charge in [0.15, 0.2) is 11.5 Å². The van der Waals surface area contributed by atoms with Crippen LogP contribution in [0.2, 0.25) is 40.2 Å². The van der Waals surface area contributed by atoms with Crippen LogP contribution in [0, 0.1) is 0 Å². The molecule has 6 rings (SSSR count). The van der Waals surface area contributed by atoms with Crippen molar-refractivity contribution in [1.29, 1.82) is 0 Å². The SMILES string of the molecule is CSc1ncc(-c2cc(Cl)c(O)c(Cl)c2)nn1.NCc1cccc(Cl)c1Cl.Oc1c(Cl)cc(-c2cnc(NCc3cccc(Cl)c3Cl)nn2)cc1Cl. The number of phenolic OH excluding ortho intramolecular Hbond substituents is 2. The van der Waals surface area contributed by atoms with E-state index >= 15 is 0 Å². The van der Waals surface area contributed by atoms with Gasteiger partial charge in [-0.3, -0.25) is 0 Å². The highest BCUT2D eigenvalue weighted by Gasteiger charge is 2.12. The first-order valence-corrected chi connectivity index (χ1v) is 18.7. The van der Waals surface area contributed by atoms with Gasteiger partial charge in [-0.25, -0.2) is 9.97 Å². The fourth-order valence-electron chi connectivity index (χ4n) is 3.97. The summed E-state index contributed by atoms with van der Waals surface area (Å²) in [4.78, 5) is 8.29. The molecule has 0 aliphatic rings. The fourth-order valence-corrected chi connectivity index (χ4v) is 6.01. The molecule has 4 aromatic carbocycles. The van der Waals surface area contributed by atoms with E-state index in [4.69, 9.17) is 98.5 Å². The van der Waals surface area contributed by atoms with Gasteiger partial charge in [-0.1, -0.05) is 129 Å². The Morgan fingerprint density at radius 2 is 1.08 bits per heavy atom. The predicted octanol–water partition coefficient (Wildman–Crippen LogP) is 11.2. The van der Waals surface area contributed by atoms with Crippen LogP contribution in [0.3, 0.4) is 0 Å². The monoisotopic (exact) mass is 876 g/mol. The van der Waals surface area contributed by atoms with Crippen molar-refractivity contribution in [2.45, 2.75) is 18.2 Å². The van der Waals surface area contributed by atoms with Crippen LogP contribution in [0.1, 0.15) is 11.1 Å². The third-order valence-corrected chi connectivity index (χ3v) is 10.1. The first-order valence-electron chi connectivity index (χ1n) is 14.4. The lowest BCUT2D eigenvalue weighted by atomic mass is 10.1. The molecule has 19 heteroatoms. The number of benzene rings is 4. The Bertz CT molecular complexity index is 2100. The number of phenols is 2. The molecule has 0 spiro atoms. The summed E-state index contributed by atoms with van der Waals surface area (Å²) >= 11 is 48.5. The van der Waals surface area contributed by atoms with Crippen molar-refractivity contribution in [3.05, 3.63) is 124 Å². The molecule has 0 atom stereocenters. The third-order valence-electron chi connectivity index (χ3n) is 6.63. The van der Waals surface area contributed by atoms with Crippen LogP contribution < -0.4 is 11.1 Å². The first-order chi connectivity index (χ1) is 24.8. The summed E-state index contributed by atoms with van der Waals surface area (Å²) in [7, 11) is 0. The van der Waals surface area contributed by atoms with Crippen LogP contribution in [0.25, 0.3) is 22.5 Å². The van der Waals surface area contributed by atoms with Crippen molar-refractivity contribution in [2.24, 2.45) is 5.73 Å². The zero-order chi connectivity index (χ0) is 37.9. The molecule has 2 aromatic heterocycles. The Morgan fingerprint density at radius 3 is 1.48 bits per heavy atom. The van der Waals surface area contributed by atoms with Crippen LogP contribution in [-0.4, -0.2) is 46.8 Å². The van der Waals surface area contributed by atoms with Gasteiger partial charge in [-0.15, -0.1) is 20.4 Å². The van der Waals surface area contributed by atoms with E-state index in [2.05, 4.69) is 35.7 Å². The van der Waals surface area contributed by atoms with Crippen molar-refractivity contribution in [3.8, 4) is 34.0 Å². The Balaban J connectivity index is 0.000000193. The van der Waals surface area contributed by atoms with E-state index in [0.29, 0.717) is 66.8 Å². The number of hydrogen-bond donors (Lipinski definition) is 4. The van der Waals surface area contributed by atoms with E-state index in [1.54, 1.807) is 30.5 Å². The molecule has 2 heterocycles. The van der Waals surface area contributed by atoms with E-state index in [0.717, 1.165) is 11.1 Å². The lowest BCUT2D eigenvalue weighted by Gasteiger charge is -2.08. The van der Waals surface area contributed by atoms with Gasteiger partial charge in [-0.2, -0.15) is 0 Å². The predicted molar refractivity (Wildman–Crippen MR) is 214 cm³/mol. The molecule has 6 aromatic rings. The van der Waals surface area contributed by atoms with E-state index < -0.39 is 0 Å². The van der Waals surface area contributed by atoms with Gasteiger partial charge in [0.25, 0.3) is 0 Å². The van der Waals surface area contributed by atoms with Crippen LogP contribution >= 0.6 is 105 Å². The van der Waals surface area contributed by atoms with Gasteiger partial charge < -0.3 is 21.3 Å². The molecule has 0 saturated carbocycles. The highest BCUT2D eigenvalue weighted by molar-refractivity contribution is 7.98. The smallest absolute Gasteiger partial charge is 0.242 e. The van der Waals surface area contributed by atoms with E-state index in [1.165, 1.54) is 30.1 Å². The van der Waals surface area contributed by atoms with Gasteiger partial charge in [0.1, 0.15) is 11.4 Å². The molecule has 0 amide bonds. The van der Waals surface area contributed by atoms with E-state index in [-0.39, 0.29) is 31.6 Å². The topological polar surface area (TPSA) is 156 Å². The third kappa shape index (κ3) is 11.2. The summed E-state index contributed by atoms with van der Waals surface area (Å²) < 4.78 is 0. The number of nitrogens with one attached hydrogen (secondary N) is 1. The van der Waals surface area contributed by atoms with Crippen LogP contribution in [0.5, 0.6) is 11.5 Å². The lowest BCUT2D eigenvalue weighted by Crippen LogP contribution is -2.05. The van der Waals surface area contributed by atoms with Crippen molar-refractivity contribution in [3.63, 3.8) is 0 Å². The Morgan fingerprint density at radius 1 is 0.615 bits per heavy atom. The summed E-state index contributed by atoms with van der Waals surface area (Å²) in [6.07, 6.45) is 4.97. The highest BCUT2D eigenvalue weighted by Crippen LogP contribution is 2.37. The zero-order valence-electron chi connectivity index (χ0n) is 26.4. The van der Waals surface area contributed by atoms with Crippen molar-refractivity contribution < 1.29 is 10.2 Å². The fraction of sp³-hybridized carbons (Fsp3) is 0.0909. The molecule has 0 radical (unpaired) electrons. The molecular formula is C33H24Cl8N8O2S. The quantitative estimate of drug-likeness (QED) is 0.113. The molecule has 0 saturated heterocycles. The second-order valence-electron chi connectivity index (χ2n) is 10.1. The molecule has 0 aliphatic carbocycles. The molecule has 0 unspecified atom stereocenters. The van der Waals surface area contributed by atoms with E-state index in [9.17, 15) is 10.2 Å². The maximum atomic E-state index is 9.60. The number of anilines is 1. The van der Waals surface area contributed by atoms with Crippen molar-refractivity contribution >= 4 is 111 Å². The number of aromatic nitrogens is 6. The average molecular weight is 880 g/mol. The summed E-state index contributed by atoms with van der Waals surface area (Å²) in [6.45, 7) is 0.830. The molecule has 5 N–H and O–H groups in total. The lowest BCUT2D eigenvalue weighted by molar-refractivity contribution is 0.475. The van der Waals surface area contributed by atoms with Crippen LogP contribution in [-0.2, 0) is 13.1 Å². The number of thioether (sulfide) groups is 1. The highest BCUT2D eigenvalue weighted by atomic mass is 35.5. The Labute approximate surface area is 342 Å².